The van der Waals surface area contributed by atoms with E-state index in [4.69, 9.17) is 5.73 Å². The predicted molar refractivity (Wildman–Crippen MR) is 63.9 cm³/mol. The molecule has 4 nitrogen and oxygen atoms in total. The molecule has 2 heterocycles. The smallest absolute Gasteiger partial charge is 0.108 e. The number of nitrogens with two attached hydrogens (primary N) is 1. The molecule has 0 fully saturated rings. The van der Waals surface area contributed by atoms with Crippen LogP contribution in [-0.4, -0.2) is 21.0 Å². The SMILES string of the molecule is Cc1[nH]c(CC(C)N)nc1-c1ccncc1. The lowest BCUT2D eigenvalue weighted by Crippen LogP contribution is -2.18. The first-order chi connectivity index (χ1) is 7.66. The molecule has 2 aromatic heterocycles. The van der Waals surface area contributed by atoms with E-state index >= 15 is 0 Å². The van der Waals surface area contributed by atoms with Gasteiger partial charge < -0.3 is 10.7 Å². The molecule has 0 saturated carbocycles. The van der Waals surface area contributed by atoms with E-state index in [1.54, 1.807) is 12.4 Å². The number of hydrogen-bond donors (Lipinski definition) is 2. The molecule has 0 aliphatic rings. The van der Waals surface area contributed by atoms with Gasteiger partial charge in [-0.15, -0.1) is 0 Å². The van der Waals surface area contributed by atoms with E-state index in [0.717, 1.165) is 29.2 Å². The van der Waals surface area contributed by atoms with Crippen LogP contribution in [0.4, 0.5) is 0 Å². The molecular weight excluding hydrogens is 200 g/mol. The van der Waals surface area contributed by atoms with Gasteiger partial charge in [-0.25, -0.2) is 4.98 Å². The Morgan fingerprint density at radius 2 is 2.06 bits per heavy atom. The molecule has 0 bridgehead atoms. The Balaban J connectivity index is 2.32. The van der Waals surface area contributed by atoms with Crippen molar-refractivity contribution < 1.29 is 0 Å². The quantitative estimate of drug-likeness (QED) is 0.820. The van der Waals surface area contributed by atoms with Gasteiger partial charge >= 0.3 is 0 Å². The van der Waals surface area contributed by atoms with Gasteiger partial charge in [0.15, 0.2) is 0 Å². The average molecular weight is 216 g/mol. The van der Waals surface area contributed by atoms with E-state index in [9.17, 15) is 0 Å². The summed E-state index contributed by atoms with van der Waals surface area (Å²) in [6.07, 6.45) is 4.31. The Morgan fingerprint density at radius 1 is 1.38 bits per heavy atom. The fourth-order valence-electron chi connectivity index (χ4n) is 1.71. The molecule has 3 N–H and O–H groups in total. The van der Waals surface area contributed by atoms with Crippen LogP contribution in [0.5, 0.6) is 0 Å². The van der Waals surface area contributed by atoms with Crippen LogP contribution in [0.15, 0.2) is 24.5 Å². The van der Waals surface area contributed by atoms with Gasteiger partial charge in [-0.1, -0.05) is 0 Å². The number of H-pyrrole nitrogens is 1. The minimum absolute atomic E-state index is 0.121. The second kappa shape index (κ2) is 4.45. The van der Waals surface area contributed by atoms with E-state index in [2.05, 4.69) is 15.0 Å². The summed E-state index contributed by atoms with van der Waals surface area (Å²) in [5.74, 6) is 0.944. The van der Waals surface area contributed by atoms with Gasteiger partial charge in [0.25, 0.3) is 0 Å². The van der Waals surface area contributed by atoms with Gasteiger partial charge in [0, 0.05) is 36.1 Å². The molecule has 0 aliphatic carbocycles. The van der Waals surface area contributed by atoms with Crippen LogP contribution in [0.25, 0.3) is 11.3 Å². The fraction of sp³-hybridized carbons (Fsp3) is 0.333. The minimum atomic E-state index is 0.121. The number of nitrogens with one attached hydrogen (secondary N) is 1. The zero-order chi connectivity index (χ0) is 11.5. The number of aromatic nitrogens is 3. The van der Waals surface area contributed by atoms with Crippen molar-refractivity contribution in [3.63, 3.8) is 0 Å². The Kier molecular flexibility index (Phi) is 3.01. The van der Waals surface area contributed by atoms with Crippen LogP contribution in [-0.2, 0) is 6.42 Å². The lowest BCUT2D eigenvalue weighted by molar-refractivity contribution is 0.709. The largest absolute Gasteiger partial charge is 0.346 e. The highest BCUT2D eigenvalue weighted by molar-refractivity contribution is 5.61. The number of aromatic amines is 1. The molecule has 1 unspecified atom stereocenters. The summed E-state index contributed by atoms with van der Waals surface area (Å²) in [6.45, 7) is 4.00. The van der Waals surface area contributed by atoms with Gasteiger partial charge in [0.2, 0.25) is 0 Å². The van der Waals surface area contributed by atoms with Crippen molar-refractivity contribution >= 4 is 0 Å². The zero-order valence-electron chi connectivity index (χ0n) is 9.57. The van der Waals surface area contributed by atoms with Crippen LogP contribution in [0.2, 0.25) is 0 Å². The summed E-state index contributed by atoms with van der Waals surface area (Å²) in [7, 11) is 0. The van der Waals surface area contributed by atoms with Crippen molar-refractivity contribution in [2.75, 3.05) is 0 Å². The third-order valence-electron chi connectivity index (χ3n) is 2.40. The average Bonchev–Trinajstić information content (AvgIpc) is 2.60. The molecule has 0 spiro atoms. The molecule has 0 saturated heterocycles. The summed E-state index contributed by atoms with van der Waals surface area (Å²) in [6, 6.07) is 4.04. The van der Waals surface area contributed by atoms with E-state index in [1.807, 2.05) is 26.0 Å². The molecule has 0 aromatic carbocycles. The topological polar surface area (TPSA) is 67.6 Å². The van der Waals surface area contributed by atoms with Crippen molar-refractivity contribution in [2.45, 2.75) is 26.3 Å². The summed E-state index contributed by atoms with van der Waals surface area (Å²) in [5.41, 5.74) is 8.89. The number of rotatable bonds is 3. The van der Waals surface area contributed by atoms with Gasteiger partial charge in [-0.05, 0) is 26.0 Å². The lowest BCUT2D eigenvalue weighted by atomic mass is 10.2. The van der Waals surface area contributed by atoms with Crippen LogP contribution in [0.3, 0.4) is 0 Å². The van der Waals surface area contributed by atoms with Crippen molar-refractivity contribution in [1.29, 1.82) is 0 Å². The molecule has 2 aromatic rings. The summed E-state index contributed by atoms with van der Waals surface area (Å²) >= 11 is 0. The number of pyridine rings is 1. The highest BCUT2D eigenvalue weighted by Crippen LogP contribution is 2.20. The molecule has 1 atom stereocenters. The van der Waals surface area contributed by atoms with E-state index < -0.39 is 0 Å². The standard InChI is InChI=1S/C12H16N4/c1-8(13)7-11-15-9(2)12(16-11)10-3-5-14-6-4-10/h3-6,8H,7,13H2,1-2H3,(H,15,16). The summed E-state index contributed by atoms with van der Waals surface area (Å²) < 4.78 is 0. The maximum atomic E-state index is 5.75. The van der Waals surface area contributed by atoms with Crippen LogP contribution in [0, 0.1) is 6.92 Å². The number of nitrogens with zero attached hydrogens (tertiary/aromatic N) is 2. The monoisotopic (exact) mass is 216 g/mol. The third kappa shape index (κ3) is 2.28. The molecular formula is C12H16N4. The predicted octanol–water partition coefficient (Wildman–Crippen LogP) is 1.67. The van der Waals surface area contributed by atoms with Gasteiger partial charge in [0.05, 0.1) is 5.69 Å². The Bertz CT molecular complexity index is 459. The fourth-order valence-corrected chi connectivity index (χ4v) is 1.71. The van der Waals surface area contributed by atoms with Crippen LogP contribution in [0.1, 0.15) is 18.4 Å². The minimum Gasteiger partial charge on any atom is -0.346 e. The first-order valence-electron chi connectivity index (χ1n) is 5.38. The van der Waals surface area contributed by atoms with Gasteiger partial charge in [-0.2, -0.15) is 0 Å². The van der Waals surface area contributed by atoms with Crippen molar-refractivity contribution in [1.82, 2.24) is 15.0 Å². The molecule has 16 heavy (non-hydrogen) atoms. The molecule has 84 valence electrons. The first kappa shape index (κ1) is 10.8. The van der Waals surface area contributed by atoms with Gasteiger partial charge in [0.1, 0.15) is 5.82 Å². The Labute approximate surface area is 94.9 Å². The first-order valence-corrected chi connectivity index (χ1v) is 5.38. The summed E-state index contributed by atoms with van der Waals surface area (Å²) in [5, 5.41) is 0. The van der Waals surface area contributed by atoms with E-state index in [-0.39, 0.29) is 6.04 Å². The van der Waals surface area contributed by atoms with Crippen molar-refractivity contribution in [3.05, 3.63) is 36.0 Å². The maximum absolute atomic E-state index is 5.75. The maximum Gasteiger partial charge on any atom is 0.108 e. The number of hydrogen-bond acceptors (Lipinski definition) is 3. The van der Waals surface area contributed by atoms with Crippen LogP contribution >= 0.6 is 0 Å². The molecule has 4 heteroatoms. The van der Waals surface area contributed by atoms with E-state index in [0.29, 0.717) is 0 Å². The number of aryl methyl sites for hydroxylation is 1. The third-order valence-corrected chi connectivity index (χ3v) is 2.40. The normalized spacial score (nSPS) is 12.7. The van der Waals surface area contributed by atoms with Crippen LogP contribution < -0.4 is 5.73 Å². The number of imidazole rings is 1. The molecule has 0 aliphatic heterocycles. The van der Waals surface area contributed by atoms with Crippen molar-refractivity contribution in [2.24, 2.45) is 5.73 Å². The second-order valence-corrected chi connectivity index (χ2v) is 4.07. The molecule has 2 rings (SSSR count). The molecule has 0 radical (unpaired) electrons. The Hall–Kier alpha value is -1.68. The summed E-state index contributed by atoms with van der Waals surface area (Å²) in [4.78, 5) is 11.8. The van der Waals surface area contributed by atoms with Crippen molar-refractivity contribution in [3.8, 4) is 11.3 Å². The Morgan fingerprint density at radius 3 is 2.69 bits per heavy atom. The molecule has 0 amide bonds. The van der Waals surface area contributed by atoms with Gasteiger partial charge in [-0.3, -0.25) is 4.98 Å². The zero-order valence-corrected chi connectivity index (χ0v) is 9.57. The second-order valence-electron chi connectivity index (χ2n) is 4.07. The van der Waals surface area contributed by atoms with E-state index in [1.165, 1.54) is 0 Å². The lowest BCUT2D eigenvalue weighted by Gasteiger charge is -1.99. The highest BCUT2D eigenvalue weighted by atomic mass is 14.9. The highest BCUT2D eigenvalue weighted by Gasteiger charge is 2.09.